The molecule has 9 heteroatoms. The molecule has 0 radical (unpaired) electrons. The summed E-state index contributed by atoms with van der Waals surface area (Å²) >= 11 is 7.38. The van der Waals surface area contributed by atoms with Gasteiger partial charge in [-0.3, -0.25) is 9.59 Å². The summed E-state index contributed by atoms with van der Waals surface area (Å²) in [6.45, 7) is 7.93. The van der Waals surface area contributed by atoms with Gasteiger partial charge in [-0.1, -0.05) is 53.7 Å². The lowest BCUT2D eigenvalue weighted by atomic mass is 10.2. The lowest BCUT2D eigenvalue weighted by molar-refractivity contribution is -0.113. The molecule has 0 aliphatic rings. The first-order valence-corrected chi connectivity index (χ1v) is 11.3. The lowest BCUT2D eigenvalue weighted by Gasteiger charge is -2.15. The Morgan fingerprint density at radius 1 is 1.19 bits per heavy atom. The van der Waals surface area contributed by atoms with Crippen LogP contribution in [-0.4, -0.2) is 32.3 Å². The van der Waals surface area contributed by atoms with Crippen LogP contribution in [0.25, 0.3) is 0 Å². The van der Waals surface area contributed by atoms with E-state index >= 15 is 0 Å². The van der Waals surface area contributed by atoms with E-state index in [0.29, 0.717) is 33.8 Å². The molecule has 7 nitrogen and oxygen atoms in total. The van der Waals surface area contributed by atoms with Crippen molar-refractivity contribution >= 4 is 40.9 Å². The van der Waals surface area contributed by atoms with E-state index in [4.69, 9.17) is 11.6 Å². The van der Waals surface area contributed by atoms with E-state index in [1.807, 2.05) is 36.6 Å². The van der Waals surface area contributed by atoms with Crippen molar-refractivity contribution in [2.24, 2.45) is 0 Å². The molecule has 0 saturated carbocycles. The highest BCUT2D eigenvalue weighted by atomic mass is 35.5. The molecule has 2 aromatic carbocycles. The number of halogens is 1. The summed E-state index contributed by atoms with van der Waals surface area (Å²) in [4.78, 5) is 24.9. The number of thioether (sulfide) groups is 1. The Hall–Kier alpha value is -3.10. The van der Waals surface area contributed by atoms with Crippen LogP contribution in [0.4, 0.5) is 5.69 Å². The van der Waals surface area contributed by atoms with Gasteiger partial charge in [-0.15, -0.1) is 16.8 Å². The molecule has 0 saturated heterocycles. The smallest absolute Gasteiger partial charge is 0.251 e. The van der Waals surface area contributed by atoms with Gasteiger partial charge in [-0.05, 0) is 43.7 Å². The number of carbonyl (C=O) groups is 2. The van der Waals surface area contributed by atoms with Crippen molar-refractivity contribution in [1.82, 2.24) is 20.1 Å². The zero-order chi connectivity index (χ0) is 23.1. The molecule has 1 atom stereocenters. The third-order valence-corrected chi connectivity index (χ3v) is 6.08. The minimum atomic E-state index is -0.382. The summed E-state index contributed by atoms with van der Waals surface area (Å²) < 4.78 is 1.84. The van der Waals surface area contributed by atoms with Gasteiger partial charge in [0, 0.05) is 22.8 Å². The molecule has 3 aromatic rings. The Kier molecular flexibility index (Phi) is 8.08. The van der Waals surface area contributed by atoms with Gasteiger partial charge in [0.15, 0.2) is 11.0 Å². The number of hydrogen-bond donors (Lipinski definition) is 2. The van der Waals surface area contributed by atoms with Crippen molar-refractivity contribution in [3.8, 4) is 0 Å². The highest BCUT2D eigenvalue weighted by Crippen LogP contribution is 2.24. The fraction of sp³-hybridized carbons (Fsp3) is 0.217. The van der Waals surface area contributed by atoms with Crippen LogP contribution in [0.2, 0.25) is 5.02 Å². The van der Waals surface area contributed by atoms with Gasteiger partial charge in [0.2, 0.25) is 5.91 Å². The summed E-state index contributed by atoms with van der Waals surface area (Å²) in [5.41, 5.74) is 2.05. The van der Waals surface area contributed by atoms with Crippen molar-refractivity contribution in [3.63, 3.8) is 0 Å². The average molecular weight is 470 g/mol. The predicted molar refractivity (Wildman–Crippen MR) is 128 cm³/mol. The van der Waals surface area contributed by atoms with Crippen LogP contribution in [0.5, 0.6) is 0 Å². The number of nitrogens with one attached hydrogen (secondary N) is 2. The summed E-state index contributed by atoms with van der Waals surface area (Å²) in [6.07, 6.45) is 1.72. The van der Waals surface area contributed by atoms with Gasteiger partial charge in [0.05, 0.1) is 11.8 Å². The molecule has 0 aliphatic heterocycles. The molecule has 1 heterocycles. The Bertz CT molecular complexity index is 1120. The molecular weight excluding hydrogens is 446 g/mol. The predicted octanol–water partition coefficient (Wildman–Crippen LogP) is 4.65. The Labute approximate surface area is 196 Å². The quantitative estimate of drug-likeness (QED) is 0.352. The van der Waals surface area contributed by atoms with Gasteiger partial charge in [-0.2, -0.15) is 0 Å². The highest BCUT2D eigenvalue weighted by Gasteiger charge is 2.20. The van der Waals surface area contributed by atoms with Crippen LogP contribution < -0.4 is 10.6 Å². The van der Waals surface area contributed by atoms with E-state index in [1.165, 1.54) is 11.8 Å². The first-order valence-electron chi connectivity index (χ1n) is 9.98. The van der Waals surface area contributed by atoms with Gasteiger partial charge in [0.1, 0.15) is 0 Å². The van der Waals surface area contributed by atoms with Crippen molar-refractivity contribution in [2.75, 3.05) is 11.1 Å². The van der Waals surface area contributed by atoms with Crippen molar-refractivity contribution in [3.05, 3.63) is 83.2 Å². The number of hydrogen-bond acceptors (Lipinski definition) is 5. The minimum Gasteiger partial charge on any atom is -0.342 e. The largest absolute Gasteiger partial charge is 0.342 e. The van der Waals surface area contributed by atoms with Crippen molar-refractivity contribution < 1.29 is 9.59 Å². The van der Waals surface area contributed by atoms with E-state index < -0.39 is 0 Å². The van der Waals surface area contributed by atoms with Crippen LogP contribution in [0.15, 0.2) is 66.3 Å². The average Bonchev–Trinajstić information content (AvgIpc) is 3.19. The summed E-state index contributed by atoms with van der Waals surface area (Å²) in [6, 6.07) is 14.0. The molecule has 2 N–H and O–H groups in total. The highest BCUT2D eigenvalue weighted by molar-refractivity contribution is 7.99. The zero-order valence-electron chi connectivity index (χ0n) is 17.8. The van der Waals surface area contributed by atoms with Gasteiger partial charge in [-0.25, -0.2) is 0 Å². The zero-order valence-corrected chi connectivity index (χ0v) is 19.4. The Morgan fingerprint density at radius 2 is 1.94 bits per heavy atom. The van der Waals surface area contributed by atoms with Crippen LogP contribution >= 0.6 is 23.4 Å². The normalized spacial score (nSPS) is 11.6. The molecule has 1 aromatic heterocycles. The van der Waals surface area contributed by atoms with Crippen LogP contribution in [0.1, 0.15) is 34.7 Å². The molecule has 0 fully saturated rings. The van der Waals surface area contributed by atoms with Crippen LogP contribution in [0, 0.1) is 6.92 Å². The van der Waals surface area contributed by atoms with Crippen molar-refractivity contribution in [2.45, 2.75) is 31.6 Å². The molecule has 0 bridgehead atoms. The molecule has 0 aliphatic carbocycles. The first kappa shape index (κ1) is 23.6. The van der Waals surface area contributed by atoms with E-state index in [-0.39, 0.29) is 23.6 Å². The maximum absolute atomic E-state index is 12.5. The SMILES string of the molecule is C=CCn1c(SCC(=O)Nc2cccc(Cl)c2C)nnc1[C@@H](C)NC(=O)c1ccccc1. The second kappa shape index (κ2) is 11.0. The molecule has 166 valence electrons. The number of nitrogens with zero attached hydrogens (tertiary/aromatic N) is 3. The maximum atomic E-state index is 12.5. The second-order valence-corrected chi connectivity index (χ2v) is 8.40. The van der Waals surface area contributed by atoms with Gasteiger partial charge >= 0.3 is 0 Å². The standard InChI is InChI=1S/C23H24ClN5O2S/c1-4-13-29-21(16(3)25-22(31)17-9-6-5-7-10-17)27-28-23(29)32-14-20(30)26-19-12-8-11-18(24)15(19)2/h4-12,16H,1,13-14H2,2-3H3,(H,25,31)(H,26,30)/t16-/m1/s1. The number of allylic oxidation sites excluding steroid dienone is 1. The fourth-order valence-corrected chi connectivity index (χ4v) is 3.95. The second-order valence-electron chi connectivity index (χ2n) is 7.05. The van der Waals surface area contributed by atoms with E-state index in [9.17, 15) is 9.59 Å². The molecule has 2 amide bonds. The molecule has 0 unspecified atom stereocenters. The number of benzene rings is 2. The monoisotopic (exact) mass is 469 g/mol. The fourth-order valence-electron chi connectivity index (χ4n) is 3.02. The maximum Gasteiger partial charge on any atom is 0.251 e. The Morgan fingerprint density at radius 3 is 2.66 bits per heavy atom. The van der Waals surface area contributed by atoms with E-state index in [1.54, 1.807) is 36.4 Å². The van der Waals surface area contributed by atoms with Crippen LogP contribution in [0.3, 0.4) is 0 Å². The molecule has 32 heavy (non-hydrogen) atoms. The van der Waals surface area contributed by atoms with Gasteiger partial charge < -0.3 is 15.2 Å². The molecule has 0 spiro atoms. The summed E-state index contributed by atoms with van der Waals surface area (Å²) in [7, 11) is 0. The molecular formula is C23H24ClN5O2S. The number of rotatable bonds is 9. The van der Waals surface area contributed by atoms with Crippen LogP contribution in [-0.2, 0) is 11.3 Å². The molecule has 3 rings (SSSR count). The summed E-state index contributed by atoms with van der Waals surface area (Å²) in [5, 5.41) is 15.4. The third-order valence-electron chi connectivity index (χ3n) is 4.70. The number of amides is 2. The number of aromatic nitrogens is 3. The minimum absolute atomic E-state index is 0.145. The third kappa shape index (κ3) is 5.77. The van der Waals surface area contributed by atoms with E-state index in [2.05, 4.69) is 27.4 Å². The Balaban J connectivity index is 1.67. The number of anilines is 1. The number of carbonyl (C=O) groups excluding carboxylic acids is 2. The van der Waals surface area contributed by atoms with Gasteiger partial charge in [0.25, 0.3) is 5.91 Å². The topological polar surface area (TPSA) is 88.9 Å². The van der Waals surface area contributed by atoms with E-state index in [0.717, 1.165) is 5.56 Å². The van der Waals surface area contributed by atoms with Crippen molar-refractivity contribution in [1.29, 1.82) is 0 Å². The summed E-state index contributed by atoms with van der Waals surface area (Å²) in [5.74, 6) is 0.353. The lowest BCUT2D eigenvalue weighted by Crippen LogP contribution is -2.28. The first-order chi connectivity index (χ1) is 15.4.